The number of methoxy groups -OCH3 is 1. The second kappa shape index (κ2) is 6.13. The lowest BCUT2D eigenvalue weighted by atomic mass is 10.1. The van der Waals surface area contributed by atoms with E-state index in [-0.39, 0.29) is 24.1 Å². The Balaban J connectivity index is 4.06. The largest absolute Gasteiger partial charge is 0.469 e. The molecule has 0 fully saturated rings. The molecule has 0 unspecified atom stereocenters. The monoisotopic (exact) mass is 196 g/mol. The van der Waals surface area contributed by atoms with Gasteiger partial charge in [0.1, 0.15) is 0 Å². The summed E-state index contributed by atoms with van der Waals surface area (Å²) in [5.41, 5.74) is 0.575. The average molecular weight is 196 g/mol. The molecule has 0 aromatic rings. The smallest absolute Gasteiger partial charge is 0.309 e. The van der Waals surface area contributed by atoms with Crippen LogP contribution >= 0.6 is 0 Å². The summed E-state index contributed by atoms with van der Waals surface area (Å²) in [5, 5.41) is 0. The highest BCUT2D eigenvalue weighted by atomic mass is 16.5. The highest BCUT2D eigenvalue weighted by Crippen LogP contribution is 2.03. The Kier molecular flexibility index (Phi) is 5.53. The van der Waals surface area contributed by atoms with Gasteiger partial charge in [-0.3, -0.25) is 9.59 Å². The lowest BCUT2D eigenvalue weighted by Crippen LogP contribution is -2.03. The van der Waals surface area contributed by atoms with Gasteiger partial charge in [-0.1, -0.05) is 26.5 Å². The maximum absolute atomic E-state index is 11.2. The van der Waals surface area contributed by atoms with E-state index in [9.17, 15) is 9.59 Å². The second-order valence-electron chi connectivity index (χ2n) is 3.30. The minimum atomic E-state index is -0.350. The first-order valence-corrected chi connectivity index (χ1v) is 4.44. The Morgan fingerprint density at radius 2 is 1.93 bits per heavy atom. The van der Waals surface area contributed by atoms with Crippen molar-refractivity contribution >= 4 is 11.8 Å². The molecule has 0 bridgehead atoms. The molecule has 78 valence electrons. The van der Waals surface area contributed by atoms with Gasteiger partial charge in [0.05, 0.1) is 13.5 Å². The lowest BCUT2D eigenvalue weighted by molar-refractivity contribution is -0.139. The minimum absolute atomic E-state index is 0.0241. The maximum Gasteiger partial charge on any atom is 0.309 e. The Bertz CT molecular complexity index is 262. The van der Waals surface area contributed by atoms with Crippen LogP contribution in [0.15, 0.2) is 24.3 Å². The number of hydrogen-bond acceptors (Lipinski definition) is 3. The van der Waals surface area contributed by atoms with Gasteiger partial charge in [-0.05, 0) is 11.6 Å². The predicted molar refractivity (Wildman–Crippen MR) is 54.8 cm³/mol. The van der Waals surface area contributed by atoms with Gasteiger partial charge >= 0.3 is 5.97 Å². The first kappa shape index (κ1) is 12.6. The van der Waals surface area contributed by atoms with Crippen LogP contribution in [0.4, 0.5) is 0 Å². The SMILES string of the molecule is C=C(/C=C\C(=O)C(C)C)CC(=O)OC. The summed E-state index contributed by atoms with van der Waals surface area (Å²) < 4.78 is 4.46. The number of ether oxygens (including phenoxy) is 1. The third-order valence-electron chi connectivity index (χ3n) is 1.65. The van der Waals surface area contributed by atoms with E-state index in [1.807, 2.05) is 13.8 Å². The molecule has 0 aliphatic heterocycles. The van der Waals surface area contributed by atoms with E-state index in [0.717, 1.165) is 0 Å². The summed E-state index contributed by atoms with van der Waals surface area (Å²) in [4.78, 5) is 22.0. The summed E-state index contributed by atoms with van der Waals surface area (Å²) in [7, 11) is 1.32. The first-order chi connectivity index (χ1) is 6.47. The summed E-state index contributed by atoms with van der Waals surface area (Å²) in [6.07, 6.45) is 3.12. The van der Waals surface area contributed by atoms with Crippen molar-refractivity contribution in [1.82, 2.24) is 0 Å². The fourth-order valence-corrected chi connectivity index (χ4v) is 0.709. The predicted octanol–water partition coefficient (Wildman–Crippen LogP) is 1.89. The second-order valence-corrected chi connectivity index (χ2v) is 3.30. The quantitative estimate of drug-likeness (QED) is 0.383. The fourth-order valence-electron chi connectivity index (χ4n) is 0.709. The molecule has 0 aliphatic carbocycles. The Morgan fingerprint density at radius 3 is 2.36 bits per heavy atom. The van der Waals surface area contributed by atoms with Gasteiger partial charge in [0.2, 0.25) is 0 Å². The fraction of sp³-hybridized carbons (Fsp3) is 0.455. The van der Waals surface area contributed by atoms with Gasteiger partial charge in [-0.25, -0.2) is 0 Å². The van der Waals surface area contributed by atoms with Gasteiger partial charge in [-0.15, -0.1) is 0 Å². The van der Waals surface area contributed by atoms with Crippen molar-refractivity contribution in [3.8, 4) is 0 Å². The molecule has 14 heavy (non-hydrogen) atoms. The lowest BCUT2D eigenvalue weighted by Gasteiger charge is -1.99. The minimum Gasteiger partial charge on any atom is -0.469 e. The molecular formula is C11H16O3. The van der Waals surface area contributed by atoms with Gasteiger partial charge in [-0.2, -0.15) is 0 Å². The topological polar surface area (TPSA) is 43.4 Å². The first-order valence-electron chi connectivity index (χ1n) is 4.44. The van der Waals surface area contributed by atoms with Crippen molar-refractivity contribution < 1.29 is 14.3 Å². The summed E-state index contributed by atoms with van der Waals surface area (Å²) in [5.74, 6) is -0.357. The van der Waals surface area contributed by atoms with E-state index in [1.54, 1.807) is 6.08 Å². The third-order valence-corrected chi connectivity index (χ3v) is 1.65. The highest BCUT2D eigenvalue weighted by Gasteiger charge is 2.04. The molecule has 3 heteroatoms. The zero-order chi connectivity index (χ0) is 11.1. The normalized spacial score (nSPS) is 10.6. The van der Waals surface area contributed by atoms with Crippen LogP contribution in [0, 0.1) is 5.92 Å². The van der Waals surface area contributed by atoms with Crippen molar-refractivity contribution in [3.05, 3.63) is 24.3 Å². The molecule has 0 aromatic heterocycles. The zero-order valence-electron chi connectivity index (χ0n) is 8.87. The molecule has 0 aromatic carbocycles. The molecule has 0 heterocycles. The van der Waals surface area contributed by atoms with Crippen molar-refractivity contribution in [3.63, 3.8) is 0 Å². The molecule has 0 atom stereocenters. The zero-order valence-corrected chi connectivity index (χ0v) is 8.87. The Hall–Kier alpha value is -1.38. The van der Waals surface area contributed by atoms with Gasteiger partial charge < -0.3 is 4.74 Å². The molecule has 0 rings (SSSR count). The van der Waals surface area contributed by atoms with Crippen molar-refractivity contribution in [2.75, 3.05) is 7.11 Å². The standard InChI is InChI=1S/C11H16O3/c1-8(2)10(12)6-5-9(3)7-11(13)14-4/h5-6,8H,3,7H2,1-2,4H3/b6-5-. The third kappa shape index (κ3) is 5.30. The molecule has 0 N–H and O–H groups in total. The molecule has 0 spiro atoms. The average Bonchev–Trinajstić information content (AvgIpc) is 2.13. The summed E-state index contributed by atoms with van der Waals surface area (Å²) in [6.45, 7) is 7.26. The van der Waals surface area contributed by atoms with Crippen molar-refractivity contribution in [2.45, 2.75) is 20.3 Å². The molecular weight excluding hydrogens is 180 g/mol. The number of allylic oxidation sites excluding steroid dienone is 2. The molecule has 0 saturated heterocycles. The maximum atomic E-state index is 11.2. The number of hydrogen-bond donors (Lipinski definition) is 0. The van der Waals surface area contributed by atoms with Crippen molar-refractivity contribution in [2.24, 2.45) is 5.92 Å². The molecule has 0 saturated carbocycles. The van der Waals surface area contributed by atoms with E-state index in [0.29, 0.717) is 5.57 Å². The summed E-state index contributed by atoms with van der Waals surface area (Å²) in [6, 6.07) is 0. The van der Waals surface area contributed by atoms with Crippen molar-refractivity contribution in [1.29, 1.82) is 0 Å². The van der Waals surface area contributed by atoms with E-state index in [4.69, 9.17) is 0 Å². The molecule has 0 aliphatic rings. The molecule has 3 nitrogen and oxygen atoms in total. The summed E-state index contributed by atoms with van der Waals surface area (Å²) >= 11 is 0. The van der Waals surface area contributed by atoms with E-state index in [1.165, 1.54) is 13.2 Å². The highest BCUT2D eigenvalue weighted by molar-refractivity contribution is 5.91. The van der Waals surface area contributed by atoms with E-state index >= 15 is 0 Å². The van der Waals surface area contributed by atoms with Crippen LogP contribution in [0.1, 0.15) is 20.3 Å². The number of rotatable bonds is 5. The van der Waals surface area contributed by atoms with Crippen LogP contribution in [-0.4, -0.2) is 18.9 Å². The number of ketones is 1. The van der Waals surface area contributed by atoms with Gasteiger partial charge in [0.25, 0.3) is 0 Å². The van der Waals surface area contributed by atoms with Gasteiger partial charge in [0, 0.05) is 5.92 Å². The number of esters is 1. The molecule has 0 amide bonds. The number of carbonyl (C=O) groups excluding carboxylic acids is 2. The Morgan fingerprint density at radius 1 is 1.36 bits per heavy atom. The van der Waals surface area contributed by atoms with E-state index < -0.39 is 0 Å². The molecule has 0 radical (unpaired) electrons. The van der Waals surface area contributed by atoms with Gasteiger partial charge in [0.15, 0.2) is 5.78 Å². The Labute approximate surface area is 84.4 Å². The van der Waals surface area contributed by atoms with Crippen LogP contribution in [0.25, 0.3) is 0 Å². The van der Waals surface area contributed by atoms with Crippen LogP contribution in [0.5, 0.6) is 0 Å². The number of carbonyl (C=O) groups is 2. The van der Waals surface area contributed by atoms with Crippen LogP contribution in [0.3, 0.4) is 0 Å². The van der Waals surface area contributed by atoms with Crippen LogP contribution < -0.4 is 0 Å². The van der Waals surface area contributed by atoms with E-state index in [2.05, 4.69) is 11.3 Å². The van der Waals surface area contributed by atoms with Crippen LogP contribution in [0.2, 0.25) is 0 Å². The van der Waals surface area contributed by atoms with Crippen LogP contribution in [-0.2, 0) is 14.3 Å².